The van der Waals surface area contributed by atoms with Gasteiger partial charge in [0.2, 0.25) is 0 Å². The third kappa shape index (κ3) is 3.74. The molecule has 0 spiro atoms. The molecule has 1 amide bonds. The molecule has 31 heavy (non-hydrogen) atoms. The van der Waals surface area contributed by atoms with E-state index in [2.05, 4.69) is 5.10 Å². The molecule has 2 aromatic rings. The molecule has 2 aliphatic heterocycles. The molecule has 0 saturated carbocycles. The molecular weight excluding hydrogens is 411 g/mol. The van der Waals surface area contributed by atoms with Crippen LogP contribution in [0.25, 0.3) is 0 Å². The largest absolute Gasteiger partial charge is 0.417 e. The van der Waals surface area contributed by atoms with Gasteiger partial charge in [0.15, 0.2) is 0 Å². The summed E-state index contributed by atoms with van der Waals surface area (Å²) in [6, 6.07) is 5.29. The van der Waals surface area contributed by atoms with E-state index >= 15 is 0 Å². The summed E-state index contributed by atoms with van der Waals surface area (Å²) in [5, 5.41) is 23.2. The van der Waals surface area contributed by atoms with Crippen LogP contribution in [0.3, 0.4) is 0 Å². The number of aliphatic hydroxyl groups is 1. The summed E-state index contributed by atoms with van der Waals surface area (Å²) in [5.74, 6) is -0.229. The number of rotatable bonds is 3. The average Bonchev–Trinajstić information content (AvgIpc) is 3.35. The number of halogens is 3. The number of benzene rings is 1. The number of hydrogen-bond donors (Lipinski definition) is 1. The van der Waals surface area contributed by atoms with Crippen LogP contribution in [0, 0.1) is 22.7 Å². The molecule has 1 N–H and O–H groups in total. The Hall–Kier alpha value is -3.06. The standard InChI is InChI=1S/C21H22F3N5O2/c1-27-9-15(8-26-27)19(31)28-5-4-20(13-30)12-29(11-16(20)10-28)17-3-2-14(7-25)18(6-17)21(22,23)24/h2-3,6,8-9,16,30H,4-5,10-13H2,1H3/t16-,20+/m1/s1. The lowest BCUT2D eigenvalue weighted by molar-refractivity contribution is -0.137. The van der Waals surface area contributed by atoms with Gasteiger partial charge in [0, 0.05) is 56.4 Å². The van der Waals surface area contributed by atoms with Crippen molar-refractivity contribution < 1.29 is 23.1 Å². The Labute approximate surface area is 177 Å². The highest BCUT2D eigenvalue weighted by Crippen LogP contribution is 2.45. The smallest absolute Gasteiger partial charge is 0.396 e. The number of aromatic nitrogens is 2. The zero-order valence-electron chi connectivity index (χ0n) is 16.9. The van der Waals surface area contributed by atoms with Crippen LogP contribution < -0.4 is 4.90 Å². The van der Waals surface area contributed by atoms with Crippen molar-refractivity contribution in [2.24, 2.45) is 18.4 Å². The number of alkyl halides is 3. The second-order valence-corrected chi connectivity index (χ2v) is 8.34. The molecule has 1 aromatic carbocycles. The maximum absolute atomic E-state index is 13.4. The summed E-state index contributed by atoms with van der Waals surface area (Å²) in [4.78, 5) is 16.3. The zero-order chi connectivity index (χ0) is 22.4. The fraction of sp³-hybridized carbons (Fsp3) is 0.476. The number of piperidine rings is 1. The molecule has 3 heterocycles. The molecule has 164 valence electrons. The number of hydrogen-bond acceptors (Lipinski definition) is 5. The number of carbonyl (C=O) groups excluding carboxylic acids is 1. The van der Waals surface area contributed by atoms with E-state index in [1.165, 1.54) is 18.3 Å². The van der Waals surface area contributed by atoms with Crippen molar-refractivity contribution in [3.63, 3.8) is 0 Å². The molecular formula is C21H22F3N5O2. The van der Waals surface area contributed by atoms with Gasteiger partial charge < -0.3 is 14.9 Å². The molecule has 0 radical (unpaired) electrons. The van der Waals surface area contributed by atoms with Crippen molar-refractivity contribution >= 4 is 11.6 Å². The Kier molecular flexibility index (Phi) is 5.17. The topological polar surface area (TPSA) is 85.4 Å². The van der Waals surface area contributed by atoms with Crippen LogP contribution in [-0.2, 0) is 13.2 Å². The fourth-order valence-corrected chi connectivity index (χ4v) is 4.70. The summed E-state index contributed by atoms with van der Waals surface area (Å²) in [5.41, 5.74) is -1.03. The van der Waals surface area contributed by atoms with Crippen LogP contribution in [0.4, 0.5) is 18.9 Å². The Balaban J connectivity index is 1.57. The van der Waals surface area contributed by atoms with Crippen LogP contribution >= 0.6 is 0 Å². The molecule has 2 saturated heterocycles. The van der Waals surface area contributed by atoms with Gasteiger partial charge in [0.25, 0.3) is 5.91 Å². The third-order valence-corrected chi connectivity index (χ3v) is 6.48. The van der Waals surface area contributed by atoms with Crippen LogP contribution in [0.5, 0.6) is 0 Å². The van der Waals surface area contributed by atoms with Gasteiger partial charge in [-0.1, -0.05) is 0 Å². The number of nitrogens with zero attached hydrogens (tertiary/aromatic N) is 5. The summed E-state index contributed by atoms with van der Waals surface area (Å²) < 4.78 is 41.7. The predicted molar refractivity (Wildman–Crippen MR) is 105 cm³/mol. The van der Waals surface area contributed by atoms with Crippen molar-refractivity contribution in [1.82, 2.24) is 14.7 Å². The molecule has 2 fully saturated rings. The highest BCUT2D eigenvalue weighted by molar-refractivity contribution is 5.93. The van der Waals surface area contributed by atoms with Crippen molar-refractivity contribution in [1.29, 1.82) is 5.26 Å². The summed E-state index contributed by atoms with van der Waals surface area (Å²) in [6.45, 7) is 1.57. The molecule has 2 atom stereocenters. The molecule has 2 aliphatic rings. The normalized spacial score (nSPS) is 23.5. The van der Waals surface area contributed by atoms with Crippen molar-refractivity contribution in [3.05, 3.63) is 47.3 Å². The van der Waals surface area contributed by atoms with Gasteiger partial charge in [-0.3, -0.25) is 9.48 Å². The summed E-state index contributed by atoms with van der Waals surface area (Å²) in [7, 11) is 1.73. The SMILES string of the molecule is Cn1cc(C(=O)N2CC[C@@]3(CO)CN(c4ccc(C#N)c(C(F)(F)F)c4)C[C@H]3C2)cn1. The van der Waals surface area contributed by atoms with E-state index in [-0.39, 0.29) is 18.4 Å². The van der Waals surface area contributed by atoms with Crippen molar-refractivity contribution in [3.8, 4) is 6.07 Å². The Morgan fingerprint density at radius 1 is 1.39 bits per heavy atom. The van der Waals surface area contributed by atoms with Crippen LogP contribution in [-0.4, -0.2) is 58.5 Å². The first-order valence-electron chi connectivity index (χ1n) is 9.92. The molecule has 0 unspecified atom stereocenters. The minimum absolute atomic E-state index is 0.0862. The monoisotopic (exact) mass is 433 g/mol. The predicted octanol–water partition coefficient (Wildman–Crippen LogP) is 2.27. The van der Waals surface area contributed by atoms with Crippen molar-refractivity contribution in [2.75, 3.05) is 37.7 Å². The van der Waals surface area contributed by atoms with Gasteiger partial charge in [0.05, 0.1) is 35.6 Å². The van der Waals surface area contributed by atoms with Gasteiger partial charge >= 0.3 is 6.18 Å². The average molecular weight is 433 g/mol. The lowest BCUT2D eigenvalue weighted by Crippen LogP contribution is -2.50. The highest BCUT2D eigenvalue weighted by atomic mass is 19.4. The maximum atomic E-state index is 13.4. The Bertz CT molecular complexity index is 1040. The summed E-state index contributed by atoms with van der Waals surface area (Å²) >= 11 is 0. The van der Waals surface area contributed by atoms with Gasteiger partial charge in [-0.25, -0.2) is 0 Å². The second kappa shape index (κ2) is 7.57. The molecule has 7 nitrogen and oxygen atoms in total. The molecule has 1 aromatic heterocycles. The zero-order valence-corrected chi connectivity index (χ0v) is 16.9. The fourth-order valence-electron chi connectivity index (χ4n) is 4.70. The maximum Gasteiger partial charge on any atom is 0.417 e. The number of carbonyl (C=O) groups is 1. The Morgan fingerprint density at radius 3 is 2.77 bits per heavy atom. The van der Waals surface area contributed by atoms with Crippen LogP contribution in [0.15, 0.2) is 30.6 Å². The van der Waals surface area contributed by atoms with E-state index in [9.17, 15) is 23.1 Å². The minimum atomic E-state index is -4.63. The van der Waals surface area contributed by atoms with E-state index in [0.717, 1.165) is 6.07 Å². The number of fused-ring (bicyclic) bond motifs is 1. The van der Waals surface area contributed by atoms with Crippen molar-refractivity contribution in [2.45, 2.75) is 12.6 Å². The first-order chi connectivity index (χ1) is 14.7. The number of nitriles is 1. The Morgan fingerprint density at radius 2 is 2.16 bits per heavy atom. The van der Waals surface area contributed by atoms with Gasteiger partial charge in [0.1, 0.15) is 0 Å². The number of anilines is 1. The van der Waals surface area contributed by atoms with E-state index in [1.807, 2.05) is 4.90 Å². The second-order valence-electron chi connectivity index (χ2n) is 8.34. The highest BCUT2D eigenvalue weighted by Gasteiger charge is 2.50. The van der Waals surface area contributed by atoms with Crippen LogP contribution in [0.1, 0.15) is 27.9 Å². The summed E-state index contributed by atoms with van der Waals surface area (Å²) in [6.07, 6.45) is -0.923. The van der Waals surface area contributed by atoms with E-state index in [4.69, 9.17) is 5.26 Å². The van der Waals surface area contributed by atoms with E-state index in [0.29, 0.717) is 43.9 Å². The third-order valence-electron chi connectivity index (χ3n) is 6.48. The number of amides is 1. The molecule has 4 rings (SSSR count). The molecule has 10 heteroatoms. The van der Waals surface area contributed by atoms with Gasteiger partial charge in [-0.05, 0) is 24.6 Å². The first kappa shape index (κ1) is 21.2. The van der Waals surface area contributed by atoms with E-state index < -0.39 is 22.7 Å². The quantitative estimate of drug-likeness (QED) is 0.803. The van der Waals surface area contributed by atoms with Gasteiger partial charge in [-0.15, -0.1) is 0 Å². The number of aryl methyl sites for hydroxylation is 1. The van der Waals surface area contributed by atoms with Crippen LogP contribution in [0.2, 0.25) is 0 Å². The molecule has 0 bridgehead atoms. The minimum Gasteiger partial charge on any atom is -0.396 e. The van der Waals surface area contributed by atoms with E-state index in [1.54, 1.807) is 28.9 Å². The van der Waals surface area contributed by atoms with Gasteiger partial charge in [-0.2, -0.15) is 23.5 Å². The lowest BCUT2D eigenvalue weighted by Gasteiger charge is -2.42. The lowest BCUT2D eigenvalue weighted by atomic mass is 9.73. The number of likely N-dealkylation sites (tertiary alicyclic amines) is 1. The number of aliphatic hydroxyl groups excluding tert-OH is 1. The molecule has 0 aliphatic carbocycles. The first-order valence-corrected chi connectivity index (χ1v) is 9.92.